The van der Waals surface area contributed by atoms with Gasteiger partial charge in [0, 0.05) is 18.6 Å². The number of aryl methyl sites for hydroxylation is 2. The molecule has 0 aromatic heterocycles. The van der Waals surface area contributed by atoms with Gasteiger partial charge >= 0.3 is 0 Å². The van der Waals surface area contributed by atoms with Gasteiger partial charge in [0.25, 0.3) is 0 Å². The van der Waals surface area contributed by atoms with Gasteiger partial charge in [-0.1, -0.05) is 36.2 Å². The molecule has 1 aromatic rings. The fourth-order valence-corrected chi connectivity index (χ4v) is 3.06. The molecule has 0 aliphatic carbocycles. The fraction of sp³-hybridized carbons (Fsp3) is 0.600. The van der Waals surface area contributed by atoms with Crippen molar-refractivity contribution in [1.82, 2.24) is 4.90 Å². The van der Waals surface area contributed by atoms with E-state index in [9.17, 15) is 0 Å². The van der Waals surface area contributed by atoms with Crippen LogP contribution in [-0.2, 0) is 0 Å². The molecular formula is C15H24N2. The number of nitrogens with two attached hydrogens (primary N) is 1. The van der Waals surface area contributed by atoms with Crippen LogP contribution in [0.5, 0.6) is 0 Å². The second kappa shape index (κ2) is 5.19. The van der Waals surface area contributed by atoms with Crippen molar-refractivity contribution in [3.8, 4) is 0 Å². The van der Waals surface area contributed by atoms with Gasteiger partial charge < -0.3 is 5.73 Å². The van der Waals surface area contributed by atoms with E-state index in [2.05, 4.69) is 43.9 Å². The van der Waals surface area contributed by atoms with Gasteiger partial charge in [-0.2, -0.15) is 0 Å². The van der Waals surface area contributed by atoms with Crippen LogP contribution in [-0.4, -0.2) is 24.0 Å². The number of benzene rings is 1. The summed E-state index contributed by atoms with van der Waals surface area (Å²) in [6.07, 6.45) is 2.33. The monoisotopic (exact) mass is 232 g/mol. The van der Waals surface area contributed by atoms with Gasteiger partial charge in [0.15, 0.2) is 0 Å². The maximum absolute atomic E-state index is 6.29. The maximum atomic E-state index is 6.29. The van der Waals surface area contributed by atoms with Crippen LogP contribution in [0.2, 0.25) is 0 Å². The van der Waals surface area contributed by atoms with E-state index in [-0.39, 0.29) is 0 Å². The van der Waals surface area contributed by atoms with Gasteiger partial charge in [-0.15, -0.1) is 0 Å². The zero-order valence-corrected chi connectivity index (χ0v) is 11.2. The molecule has 1 aliphatic heterocycles. The fourth-order valence-electron chi connectivity index (χ4n) is 3.06. The second-order valence-electron chi connectivity index (χ2n) is 5.35. The smallest absolute Gasteiger partial charge is 0.0499 e. The Hall–Kier alpha value is -0.860. The van der Waals surface area contributed by atoms with Crippen LogP contribution in [0.4, 0.5) is 0 Å². The third-order valence-corrected chi connectivity index (χ3v) is 3.64. The predicted molar refractivity (Wildman–Crippen MR) is 73.1 cm³/mol. The molecule has 0 saturated carbocycles. The molecule has 1 saturated heterocycles. The first kappa shape index (κ1) is 12.6. The lowest BCUT2D eigenvalue weighted by Gasteiger charge is -2.27. The minimum atomic E-state index is 0.294. The summed E-state index contributed by atoms with van der Waals surface area (Å²) >= 11 is 0. The summed E-state index contributed by atoms with van der Waals surface area (Å²) in [7, 11) is 0. The lowest BCUT2D eigenvalue weighted by Crippen LogP contribution is -2.32. The van der Waals surface area contributed by atoms with Crippen molar-refractivity contribution in [3.63, 3.8) is 0 Å². The minimum absolute atomic E-state index is 0.294. The molecule has 2 unspecified atom stereocenters. The molecule has 2 N–H and O–H groups in total. The molecular weight excluding hydrogens is 208 g/mol. The maximum Gasteiger partial charge on any atom is 0.0499 e. The molecule has 2 nitrogen and oxygen atoms in total. The van der Waals surface area contributed by atoms with Crippen molar-refractivity contribution in [1.29, 1.82) is 0 Å². The van der Waals surface area contributed by atoms with Gasteiger partial charge in [-0.3, -0.25) is 4.90 Å². The Morgan fingerprint density at radius 1 is 1.24 bits per heavy atom. The lowest BCUT2D eigenvalue weighted by molar-refractivity contribution is 0.248. The van der Waals surface area contributed by atoms with Gasteiger partial charge in [-0.05, 0) is 38.8 Å². The second-order valence-corrected chi connectivity index (χ2v) is 5.35. The van der Waals surface area contributed by atoms with E-state index in [1.165, 1.54) is 23.1 Å². The highest BCUT2D eigenvalue weighted by Crippen LogP contribution is 2.32. The average Bonchev–Trinajstić information content (AvgIpc) is 2.59. The molecule has 1 heterocycles. The van der Waals surface area contributed by atoms with Crippen LogP contribution in [0.15, 0.2) is 18.2 Å². The molecule has 0 spiro atoms. The van der Waals surface area contributed by atoms with Crippen LogP contribution in [0.1, 0.15) is 42.5 Å². The van der Waals surface area contributed by atoms with Crippen molar-refractivity contribution < 1.29 is 0 Å². The summed E-state index contributed by atoms with van der Waals surface area (Å²) in [5.74, 6) is 0. The van der Waals surface area contributed by atoms with E-state index < -0.39 is 0 Å². The molecule has 2 atom stereocenters. The highest BCUT2D eigenvalue weighted by Gasteiger charge is 2.32. The summed E-state index contributed by atoms with van der Waals surface area (Å²) in [4.78, 5) is 2.54. The van der Waals surface area contributed by atoms with Gasteiger partial charge in [0.05, 0.1) is 0 Å². The number of hydrogen-bond donors (Lipinski definition) is 1. The van der Waals surface area contributed by atoms with Crippen molar-refractivity contribution in [2.45, 2.75) is 45.7 Å². The number of likely N-dealkylation sites (tertiary alicyclic amines) is 1. The first-order chi connectivity index (χ1) is 8.11. The van der Waals surface area contributed by atoms with Crippen LogP contribution in [0, 0.1) is 13.8 Å². The topological polar surface area (TPSA) is 29.3 Å². The molecule has 1 aliphatic rings. The van der Waals surface area contributed by atoms with Crippen molar-refractivity contribution in [3.05, 3.63) is 34.9 Å². The first-order valence-electron chi connectivity index (χ1n) is 6.69. The van der Waals surface area contributed by atoms with Gasteiger partial charge in [-0.25, -0.2) is 0 Å². The van der Waals surface area contributed by atoms with E-state index in [1.807, 2.05) is 0 Å². The summed E-state index contributed by atoms with van der Waals surface area (Å²) in [5, 5.41) is 0. The zero-order valence-electron chi connectivity index (χ0n) is 11.2. The Bertz CT molecular complexity index is 364. The Morgan fingerprint density at radius 3 is 2.47 bits per heavy atom. The molecule has 0 radical (unpaired) electrons. The number of hydrogen-bond acceptors (Lipinski definition) is 2. The standard InChI is InChI=1S/C15H24N2/c1-4-6-17-7-5-14(16)15(17)13-9-11(2)8-12(3)10-13/h8-10,14-15H,4-7,16H2,1-3H3. The van der Waals surface area contributed by atoms with Gasteiger partial charge in [0.1, 0.15) is 0 Å². The zero-order chi connectivity index (χ0) is 12.4. The third-order valence-electron chi connectivity index (χ3n) is 3.64. The van der Waals surface area contributed by atoms with E-state index in [4.69, 9.17) is 5.73 Å². The predicted octanol–water partition coefficient (Wildman–Crippen LogP) is 2.79. The molecule has 0 amide bonds. The highest BCUT2D eigenvalue weighted by molar-refractivity contribution is 5.32. The molecule has 1 aromatic carbocycles. The van der Waals surface area contributed by atoms with Gasteiger partial charge in [0.2, 0.25) is 0 Å². The Morgan fingerprint density at radius 2 is 1.88 bits per heavy atom. The Kier molecular flexibility index (Phi) is 3.85. The summed E-state index contributed by atoms with van der Waals surface area (Å²) in [6.45, 7) is 8.88. The SMILES string of the molecule is CCCN1CCC(N)C1c1cc(C)cc(C)c1. The van der Waals surface area contributed by atoms with E-state index in [0.29, 0.717) is 12.1 Å². The molecule has 94 valence electrons. The summed E-state index contributed by atoms with van der Waals surface area (Å²) in [5.41, 5.74) is 10.4. The third kappa shape index (κ3) is 2.70. The van der Waals surface area contributed by atoms with Crippen molar-refractivity contribution in [2.24, 2.45) is 5.73 Å². The molecule has 1 fully saturated rings. The van der Waals surface area contributed by atoms with Crippen LogP contribution < -0.4 is 5.73 Å². The lowest BCUT2D eigenvalue weighted by atomic mass is 9.97. The van der Waals surface area contributed by atoms with E-state index >= 15 is 0 Å². The quantitative estimate of drug-likeness (QED) is 0.868. The van der Waals surface area contributed by atoms with E-state index in [0.717, 1.165) is 19.5 Å². The minimum Gasteiger partial charge on any atom is -0.326 e. The largest absolute Gasteiger partial charge is 0.326 e. The average molecular weight is 232 g/mol. The molecule has 0 bridgehead atoms. The molecule has 2 rings (SSSR count). The number of rotatable bonds is 3. The van der Waals surface area contributed by atoms with Crippen molar-refractivity contribution >= 4 is 0 Å². The Balaban J connectivity index is 2.29. The molecule has 17 heavy (non-hydrogen) atoms. The summed E-state index contributed by atoms with van der Waals surface area (Å²) < 4.78 is 0. The Labute approximate surface area is 105 Å². The normalized spacial score (nSPS) is 25.4. The molecule has 2 heteroatoms. The number of nitrogens with zero attached hydrogens (tertiary/aromatic N) is 1. The highest BCUT2D eigenvalue weighted by atomic mass is 15.2. The first-order valence-corrected chi connectivity index (χ1v) is 6.69. The van der Waals surface area contributed by atoms with Crippen molar-refractivity contribution in [2.75, 3.05) is 13.1 Å². The van der Waals surface area contributed by atoms with Crippen LogP contribution in [0.3, 0.4) is 0 Å². The van der Waals surface area contributed by atoms with Crippen LogP contribution in [0.25, 0.3) is 0 Å². The van der Waals surface area contributed by atoms with Crippen LogP contribution >= 0.6 is 0 Å². The summed E-state index contributed by atoms with van der Waals surface area (Å²) in [6, 6.07) is 7.54. The van der Waals surface area contributed by atoms with E-state index in [1.54, 1.807) is 0 Å².